The van der Waals surface area contributed by atoms with Crippen molar-refractivity contribution in [3.63, 3.8) is 0 Å². The first-order valence-electron chi connectivity index (χ1n) is 12.7. The summed E-state index contributed by atoms with van der Waals surface area (Å²) in [4.78, 5) is 40.9. The second-order valence-corrected chi connectivity index (χ2v) is 10.7. The minimum Gasteiger partial charge on any atom is -0.510 e. The lowest BCUT2D eigenvalue weighted by Gasteiger charge is -2.50. The number of carbonyl (C=O) groups excluding carboxylic acids is 3. The zero-order valence-corrected chi connectivity index (χ0v) is 21.9. The molecule has 1 amide bonds. The minimum absolute atomic E-state index is 0.00713. The van der Waals surface area contributed by atoms with E-state index in [1.807, 2.05) is 31.3 Å². The molecule has 10 nitrogen and oxygen atoms in total. The lowest BCUT2D eigenvalue weighted by Crippen LogP contribution is -2.63. The van der Waals surface area contributed by atoms with E-state index in [0.717, 1.165) is 16.7 Å². The fraction of sp³-hybridized carbons (Fsp3) is 0.345. The molecule has 2 aromatic rings. The van der Waals surface area contributed by atoms with Crippen LogP contribution in [0.3, 0.4) is 0 Å². The predicted molar refractivity (Wildman–Crippen MR) is 142 cm³/mol. The number of likely N-dealkylation sites (N-methyl/N-ethyl adjacent to an activating group) is 1. The fourth-order valence-electron chi connectivity index (χ4n) is 6.57. The standard InChI is InChI=1S/C29H31N3O7/c1-31-12-13-5-4-6-14(9-13)16-7-8-19(33)21-17(16)10-15-11-18-23(32(2)3)25(35)22(28(30)38)27(37)29(18,39)26(36)20(15)24(21)34/h4-9,15,18,23,31,33,35-36,39H,10-12H2,1-3H3,(H2,30,38)/t15-,18-,23-,29-/m0/s1. The minimum atomic E-state index is -2.65. The number of nitrogens with zero attached hydrogens (tertiary/aromatic N) is 1. The van der Waals surface area contributed by atoms with Crippen molar-refractivity contribution in [2.75, 3.05) is 21.1 Å². The van der Waals surface area contributed by atoms with E-state index in [1.165, 1.54) is 11.0 Å². The van der Waals surface area contributed by atoms with Crippen LogP contribution in [0.25, 0.3) is 11.1 Å². The molecule has 204 valence electrons. The van der Waals surface area contributed by atoms with Crippen molar-refractivity contribution in [1.82, 2.24) is 10.2 Å². The van der Waals surface area contributed by atoms with Gasteiger partial charge in [-0.05, 0) is 74.3 Å². The molecular formula is C29H31N3O7. The van der Waals surface area contributed by atoms with Gasteiger partial charge in [-0.15, -0.1) is 0 Å². The van der Waals surface area contributed by atoms with Crippen molar-refractivity contribution < 1.29 is 34.8 Å². The SMILES string of the molecule is CNCc1cccc(-c2ccc(O)c3c2C[C@H]2C[C@H]4[C@H](N(C)C)C(O)=C(C(N)=O)C(=O)[C@@]4(O)C(O)=C2C3=O)c1. The van der Waals surface area contributed by atoms with Crippen LogP contribution in [-0.4, -0.2) is 75.6 Å². The lowest BCUT2D eigenvalue weighted by atomic mass is 9.58. The Hall–Kier alpha value is -3.99. The summed E-state index contributed by atoms with van der Waals surface area (Å²) < 4.78 is 0. The number of nitrogens with two attached hydrogens (primary N) is 1. The summed E-state index contributed by atoms with van der Waals surface area (Å²) in [6.45, 7) is 0.640. The molecule has 10 heteroatoms. The highest BCUT2D eigenvalue weighted by atomic mass is 16.3. The van der Waals surface area contributed by atoms with E-state index >= 15 is 0 Å². The maximum absolute atomic E-state index is 13.9. The highest BCUT2D eigenvalue weighted by Crippen LogP contribution is 2.53. The van der Waals surface area contributed by atoms with Crippen molar-refractivity contribution in [1.29, 1.82) is 0 Å². The number of nitrogens with one attached hydrogen (secondary N) is 1. The third-order valence-corrected chi connectivity index (χ3v) is 8.22. The summed E-state index contributed by atoms with van der Waals surface area (Å²) in [5.41, 5.74) is 4.93. The summed E-state index contributed by atoms with van der Waals surface area (Å²) in [6.07, 6.45) is 0.273. The second-order valence-electron chi connectivity index (χ2n) is 10.7. The Morgan fingerprint density at radius 3 is 2.51 bits per heavy atom. The van der Waals surface area contributed by atoms with Gasteiger partial charge in [0.15, 0.2) is 11.4 Å². The van der Waals surface area contributed by atoms with Crippen molar-refractivity contribution in [3.05, 3.63) is 75.8 Å². The Labute approximate surface area is 225 Å². The third-order valence-electron chi connectivity index (χ3n) is 8.22. The summed E-state index contributed by atoms with van der Waals surface area (Å²) in [5, 5.41) is 47.9. The van der Waals surface area contributed by atoms with E-state index in [1.54, 1.807) is 20.2 Å². The molecule has 39 heavy (non-hydrogen) atoms. The monoisotopic (exact) mass is 533 g/mol. The largest absolute Gasteiger partial charge is 0.510 e. The molecule has 0 aliphatic heterocycles. The number of benzene rings is 2. The molecule has 4 atom stereocenters. The zero-order valence-electron chi connectivity index (χ0n) is 21.9. The van der Waals surface area contributed by atoms with Crippen LogP contribution in [0, 0.1) is 11.8 Å². The number of hydrogen-bond donors (Lipinski definition) is 6. The maximum atomic E-state index is 13.9. The molecule has 0 spiro atoms. The van der Waals surface area contributed by atoms with Crippen molar-refractivity contribution in [2.24, 2.45) is 17.6 Å². The Kier molecular flexibility index (Phi) is 6.37. The number of phenolic OH excluding ortho intramolecular Hbond substituents is 1. The average Bonchev–Trinajstić information content (AvgIpc) is 2.86. The zero-order chi connectivity index (χ0) is 28.4. The van der Waals surface area contributed by atoms with Gasteiger partial charge in [-0.2, -0.15) is 0 Å². The first-order chi connectivity index (χ1) is 18.4. The Morgan fingerprint density at radius 1 is 1.15 bits per heavy atom. The number of ketones is 2. The number of allylic oxidation sites excluding steroid dienone is 1. The topological polar surface area (TPSA) is 173 Å². The van der Waals surface area contributed by atoms with E-state index in [9.17, 15) is 34.8 Å². The highest BCUT2D eigenvalue weighted by molar-refractivity contribution is 6.24. The molecule has 5 rings (SSSR count). The summed E-state index contributed by atoms with van der Waals surface area (Å²) in [5.74, 6) is -6.65. The van der Waals surface area contributed by atoms with Crippen LogP contribution >= 0.6 is 0 Å². The summed E-state index contributed by atoms with van der Waals surface area (Å²) >= 11 is 0. The summed E-state index contributed by atoms with van der Waals surface area (Å²) in [6, 6.07) is 9.91. The number of carbonyl (C=O) groups is 3. The number of aliphatic hydroxyl groups excluding tert-OH is 2. The van der Waals surface area contributed by atoms with Gasteiger partial charge in [0, 0.05) is 18.0 Å². The molecule has 0 bridgehead atoms. The number of amides is 1. The smallest absolute Gasteiger partial charge is 0.255 e. The number of primary amides is 1. The van der Waals surface area contributed by atoms with Crippen LogP contribution in [0.5, 0.6) is 5.75 Å². The molecule has 7 N–H and O–H groups in total. The molecular weight excluding hydrogens is 502 g/mol. The summed E-state index contributed by atoms with van der Waals surface area (Å²) in [7, 11) is 5.04. The predicted octanol–water partition coefficient (Wildman–Crippen LogP) is 1.51. The average molecular weight is 534 g/mol. The van der Waals surface area contributed by atoms with E-state index < -0.39 is 58.0 Å². The molecule has 2 aromatic carbocycles. The molecule has 0 saturated carbocycles. The van der Waals surface area contributed by atoms with Crippen LogP contribution < -0.4 is 11.1 Å². The number of rotatable bonds is 5. The van der Waals surface area contributed by atoms with Gasteiger partial charge in [0.05, 0.1) is 11.6 Å². The molecule has 3 aliphatic rings. The van der Waals surface area contributed by atoms with Crippen molar-refractivity contribution >= 4 is 17.5 Å². The Bertz CT molecular complexity index is 1490. The van der Waals surface area contributed by atoms with Crippen LogP contribution in [0.15, 0.2) is 59.1 Å². The van der Waals surface area contributed by atoms with Gasteiger partial charge >= 0.3 is 0 Å². The normalized spacial score (nSPS) is 26.4. The number of phenols is 1. The van der Waals surface area contributed by atoms with E-state index in [2.05, 4.69) is 5.32 Å². The molecule has 0 saturated heterocycles. The first-order valence-corrected chi connectivity index (χ1v) is 12.7. The van der Waals surface area contributed by atoms with E-state index in [4.69, 9.17) is 5.73 Å². The van der Waals surface area contributed by atoms with Crippen molar-refractivity contribution in [3.8, 4) is 16.9 Å². The molecule has 3 aliphatic carbocycles. The van der Waals surface area contributed by atoms with Gasteiger partial charge in [-0.1, -0.05) is 24.3 Å². The highest BCUT2D eigenvalue weighted by Gasteiger charge is 2.63. The van der Waals surface area contributed by atoms with Crippen LogP contribution in [0.4, 0.5) is 0 Å². The van der Waals surface area contributed by atoms with Gasteiger partial charge < -0.3 is 31.5 Å². The number of hydrogen-bond acceptors (Lipinski definition) is 9. The Morgan fingerprint density at radius 2 is 1.87 bits per heavy atom. The van der Waals surface area contributed by atoms with E-state index in [0.29, 0.717) is 12.1 Å². The number of Topliss-reactive ketones (excluding diaryl/α,β-unsaturated/α-hetero) is 2. The Balaban J connectivity index is 1.70. The molecule has 0 heterocycles. The number of aromatic hydroxyl groups is 1. The van der Waals surface area contributed by atoms with Crippen LogP contribution in [0.1, 0.15) is 27.9 Å². The number of fused-ring (bicyclic) bond motifs is 3. The van der Waals surface area contributed by atoms with Gasteiger partial charge in [-0.25, -0.2) is 0 Å². The molecule has 0 aromatic heterocycles. The number of aliphatic hydroxyl groups is 3. The van der Waals surface area contributed by atoms with Crippen molar-refractivity contribution in [2.45, 2.75) is 31.0 Å². The maximum Gasteiger partial charge on any atom is 0.255 e. The van der Waals surface area contributed by atoms with Gasteiger partial charge in [0.1, 0.15) is 22.8 Å². The van der Waals surface area contributed by atoms with Gasteiger partial charge in [0.25, 0.3) is 5.91 Å². The van der Waals surface area contributed by atoms with E-state index in [-0.39, 0.29) is 29.7 Å². The lowest BCUT2D eigenvalue weighted by molar-refractivity contribution is -0.148. The molecule has 0 unspecified atom stereocenters. The second kappa shape index (κ2) is 9.33. The fourth-order valence-corrected chi connectivity index (χ4v) is 6.57. The first kappa shape index (κ1) is 26.6. The third kappa shape index (κ3) is 3.78. The van der Waals surface area contributed by atoms with Gasteiger partial charge in [0.2, 0.25) is 5.78 Å². The molecule has 0 radical (unpaired) electrons. The molecule has 0 fully saturated rings. The van der Waals surface area contributed by atoms with Gasteiger partial charge in [-0.3, -0.25) is 19.3 Å². The van der Waals surface area contributed by atoms with Crippen LogP contribution in [0.2, 0.25) is 0 Å². The quantitative estimate of drug-likeness (QED) is 0.311. The van der Waals surface area contributed by atoms with Crippen LogP contribution in [-0.2, 0) is 22.6 Å².